The van der Waals surface area contributed by atoms with Crippen LogP contribution in [-0.4, -0.2) is 12.6 Å². The summed E-state index contributed by atoms with van der Waals surface area (Å²) in [7, 11) is 0. The van der Waals surface area contributed by atoms with Gasteiger partial charge in [-0.2, -0.15) is 0 Å². The Bertz CT molecular complexity index is 317. The van der Waals surface area contributed by atoms with Crippen LogP contribution in [0.15, 0.2) is 11.1 Å². The molecular weight excluding hydrogens is 200 g/mol. The first kappa shape index (κ1) is 11.7. The third-order valence-electron chi connectivity index (χ3n) is 4.18. The van der Waals surface area contributed by atoms with Gasteiger partial charge < -0.3 is 4.74 Å². The molecule has 2 heteroatoms. The molecular formula is C14H22O2. The number of hydrogen-bond donors (Lipinski definition) is 0. The number of allylic oxidation sites excluding steroid dienone is 1. The van der Waals surface area contributed by atoms with Gasteiger partial charge in [0.05, 0.1) is 6.61 Å². The molecule has 0 aromatic carbocycles. The summed E-state index contributed by atoms with van der Waals surface area (Å²) >= 11 is 0. The number of hydrogen-bond acceptors (Lipinski definition) is 2. The van der Waals surface area contributed by atoms with Crippen molar-refractivity contribution in [1.29, 1.82) is 0 Å². The lowest BCUT2D eigenvalue weighted by molar-refractivity contribution is -0.139. The molecule has 1 saturated carbocycles. The van der Waals surface area contributed by atoms with Crippen molar-refractivity contribution < 1.29 is 9.53 Å². The van der Waals surface area contributed by atoms with Crippen molar-refractivity contribution in [3.8, 4) is 0 Å². The van der Waals surface area contributed by atoms with Gasteiger partial charge >= 0.3 is 5.97 Å². The zero-order chi connectivity index (χ0) is 11.6. The maximum Gasteiger partial charge on any atom is 0.333 e. The van der Waals surface area contributed by atoms with Crippen LogP contribution in [0.3, 0.4) is 0 Å². The summed E-state index contributed by atoms with van der Waals surface area (Å²) in [5, 5.41) is 0. The van der Waals surface area contributed by atoms with E-state index < -0.39 is 0 Å². The van der Waals surface area contributed by atoms with Crippen LogP contribution in [0.25, 0.3) is 0 Å². The maximum atomic E-state index is 11.9. The monoisotopic (exact) mass is 222 g/mol. The number of carbonyl (C=O) groups is 1. The third kappa shape index (κ3) is 2.02. The van der Waals surface area contributed by atoms with E-state index in [4.69, 9.17) is 4.74 Å². The summed E-state index contributed by atoms with van der Waals surface area (Å²) in [5.41, 5.74) is 2.73. The van der Waals surface area contributed by atoms with Gasteiger partial charge in [-0.25, -0.2) is 4.79 Å². The zero-order valence-corrected chi connectivity index (χ0v) is 10.5. The molecule has 0 amide bonds. The smallest absolute Gasteiger partial charge is 0.333 e. The van der Waals surface area contributed by atoms with Gasteiger partial charge in [-0.1, -0.05) is 18.9 Å². The second-order valence-electron chi connectivity index (χ2n) is 5.30. The molecule has 2 rings (SSSR count). The lowest BCUT2D eigenvalue weighted by atomic mass is 9.64. The van der Waals surface area contributed by atoms with Crippen LogP contribution in [0.2, 0.25) is 0 Å². The fraction of sp³-hybridized carbons (Fsp3) is 0.786. The molecule has 0 saturated heterocycles. The van der Waals surface area contributed by atoms with Crippen LogP contribution < -0.4 is 0 Å². The van der Waals surface area contributed by atoms with Crippen LogP contribution in [0.1, 0.15) is 58.8 Å². The van der Waals surface area contributed by atoms with E-state index in [2.05, 4.69) is 6.92 Å². The summed E-state index contributed by atoms with van der Waals surface area (Å²) in [5.74, 6) is -0.0506. The lowest BCUT2D eigenvalue weighted by Crippen LogP contribution is -2.30. The Hall–Kier alpha value is -0.790. The third-order valence-corrected chi connectivity index (χ3v) is 4.18. The molecule has 0 spiro atoms. The maximum absolute atomic E-state index is 11.9. The molecule has 0 N–H and O–H groups in total. The van der Waals surface area contributed by atoms with Gasteiger partial charge in [-0.3, -0.25) is 0 Å². The first-order valence-electron chi connectivity index (χ1n) is 6.57. The largest absolute Gasteiger partial charge is 0.463 e. The predicted molar refractivity (Wildman–Crippen MR) is 64.1 cm³/mol. The Morgan fingerprint density at radius 3 is 2.75 bits per heavy atom. The Labute approximate surface area is 98.1 Å². The van der Waals surface area contributed by atoms with Gasteiger partial charge in [0, 0.05) is 5.57 Å². The number of ether oxygens (including phenoxy) is 1. The predicted octanol–water partition coefficient (Wildman–Crippen LogP) is 3.61. The average molecular weight is 222 g/mol. The van der Waals surface area contributed by atoms with E-state index in [1.165, 1.54) is 31.3 Å². The Morgan fingerprint density at radius 1 is 1.25 bits per heavy atom. The highest BCUT2D eigenvalue weighted by molar-refractivity contribution is 5.89. The highest BCUT2D eigenvalue weighted by Gasteiger charge is 2.37. The zero-order valence-electron chi connectivity index (χ0n) is 10.5. The van der Waals surface area contributed by atoms with E-state index in [9.17, 15) is 4.79 Å². The molecule has 16 heavy (non-hydrogen) atoms. The molecule has 0 aliphatic heterocycles. The molecule has 2 aliphatic rings. The average Bonchev–Trinajstić information content (AvgIpc) is 2.27. The summed E-state index contributed by atoms with van der Waals surface area (Å²) in [6.07, 6.45) is 8.27. The minimum Gasteiger partial charge on any atom is -0.463 e. The van der Waals surface area contributed by atoms with E-state index in [1.807, 2.05) is 6.92 Å². The quantitative estimate of drug-likeness (QED) is 0.667. The van der Waals surface area contributed by atoms with Crippen molar-refractivity contribution in [2.45, 2.75) is 58.8 Å². The normalized spacial score (nSPS) is 29.9. The number of fused-ring (bicyclic) bond motifs is 1. The molecule has 90 valence electrons. The molecule has 2 aliphatic carbocycles. The number of rotatable bonds is 2. The summed E-state index contributed by atoms with van der Waals surface area (Å²) < 4.78 is 5.18. The van der Waals surface area contributed by atoms with Crippen LogP contribution in [0.5, 0.6) is 0 Å². The summed E-state index contributed by atoms with van der Waals surface area (Å²) in [6.45, 7) is 4.71. The highest BCUT2D eigenvalue weighted by Crippen LogP contribution is 2.49. The van der Waals surface area contributed by atoms with Crippen molar-refractivity contribution >= 4 is 5.97 Å². The van der Waals surface area contributed by atoms with Gasteiger partial charge in [-0.15, -0.1) is 0 Å². The van der Waals surface area contributed by atoms with Gasteiger partial charge in [-0.05, 0) is 50.9 Å². The standard InChI is InChI=1S/C14H22O2/c1-3-16-13(15)11-7-6-10-14(2)9-5-4-8-12(11)14/h3-10H2,1-2H3/t14-/m0/s1. The SMILES string of the molecule is CCOC(=O)C1=C2CCCC[C@@]2(C)CCC1. The first-order valence-corrected chi connectivity index (χ1v) is 6.57. The van der Waals surface area contributed by atoms with E-state index >= 15 is 0 Å². The molecule has 0 heterocycles. The summed E-state index contributed by atoms with van der Waals surface area (Å²) in [4.78, 5) is 11.9. The van der Waals surface area contributed by atoms with Gasteiger partial charge in [0.2, 0.25) is 0 Å². The minimum absolute atomic E-state index is 0.0506. The van der Waals surface area contributed by atoms with E-state index in [0.29, 0.717) is 12.0 Å². The van der Waals surface area contributed by atoms with Gasteiger partial charge in [0.25, 0.3) is 0 Å². The Kier molecular flexibility index (Phi) is 3.36. The fourth-order valence-electron chi connectivity index (χ4n) is 3.31. The molecule has 0 aromatic rings. The number of esters is 1. The fourth-order valence-corrected chi connectivity index (χ4v) is 3.31. The van der Waals surface area contributed by atoms with Gasteiger partial charge in [0.15, 0.2) is 0 Å². The second kappa shape index (κ2) is 4.60. The van der Waals surface area contributed by atoms with Crippen molar-refractivity contribution in [2.24, 2.45) is 5.41 Å². The molecule has 0 radical (unpaired) electrons. The van der Waals surface area contributed by atoms with E-state index in [0.717, 1.165) is 24.8 Å². The van der Waals surface area contributed by atoms with Crippen molar-refractivity contribution in [2.75, 3.05) is 6.61 Å². The highest BCUT2D eigenvalue weighted by atomic mass is 16.5. The van der Waals surface area contributed by atoms with Crippen molar-refractivity contribution in [3.63, 3.8) is 0 Å². The van der Waals surface area contributed by atoms with Crippen molar-refractivity contribution in [1.82, 2.24) is 0 Å². The molecule has 0 bridgehead atoms. The first-order chi connectivity index (χ1) is 7.67. The van der Waals surface area contributed by atoms with Crippen molar-refractivity contribution in [3.05, 3.63) is 11.1 Å². The van der Waals surface area contributed by atoms with Crippen LogP contribution in [0.4, 0.5) is 0 Å². The van der Waals surface area contributed by atoms with Crippen LogP contribution >= 0.6 is 0 Å². The molecule has 2 nitrogen and oxygen atoms in total. The molecule has 1 fully saturated rings. The molecule has 0 aromatic heterocycles. The topological polar surface area (TPSA) is 26.3 Å². The van der Waals surface area contributed by atoms with E-state index in [1.54, 1.807) is 0 Å². The van der Waals surface area contributed by atoms with Gasteiger partial charge in [0.1, 0.15) is 0 Å². The Morgan fingerprint density at radius 2 is 2.00 bits per heavy atom. The van der Waals surface area contributed by atoms with Crippen LogP contribution in [-0.2, 0) is 9.53 Å². The second-order valence-corrected chi connectivity index (χ2v) is 5.30. The van der Waals surface area contributed by atoms with E-state index in [-0.39, 0.29) is 5.97 Å². The number of carbonyl (C=O) groups excluding carboxylic acids is 1. The van der Waals surface area contributed by atoms with Crippen LogP contribution in [0, 0.1) is 5.41 Å². The summed E-state index contributed by atoms with van der Waals surface area (Å²) in [6, 6.07) is 0. The lowest BCUT2D eigenvalue weighted by Gasteiger charge is -2.41. The molecule has 1 atom stereocenters. The minimum atomic E-state index is -0.0506. The Balaban J connectivity index is 2.29. The molecule has 0 unspecified atom stereocenters.